The number of carbonyl (C=O) groups is 2. The van der Waals surface area contributed by atoms with E-state index in [0.717, 1.165) is 11.1 Å². The lowest BCUT2D eigenvalue weighted by Gasteiger charge is -2.13. The van der Waals surface area contributed by atoms with E-state index in [4.69, 9.17) is 28.0 Å². The summed E-state index contributed by atoms with van der Waals surface area (Å²) >= 11 is 12.0. The van der Waals surface area contributed by atoms with E-state index >= 15 is 0 Å². The highest BCUT2D eigenvalue weighted by Gasteiger charge is 2.15. The molecule has 3 aromatic carbocycles. The van der Waals surface area contributed by atoms with Crippen molar-refractivity contribution in [3.63, 3.8) is 0 Å². The molecular weight excluding hydrogens is 493 g/mol. The Morgan fingerprint density at radius 3 is 2.20 bits per heavy atom. The van der Waals surface area contributed by atoms with Gasteiger partial charge in [0.05, 0.1) is 5.56 Å². The number of nitrogens with zero attached hydrogens (tertiary/aromatic N) is 4. The molecule has 0 atom stereocenters. The van der Waals surface area contributed by atoms with Crippen LogP contribution in [0.25, 0.3) is 22.5 Å². The lowest BCUT2D eigenvalue weighted by molar-refractivity contribution is -0.0713. The van der Waals surface area contributed by atoms with Crippen molar-refractivity contribution in [2.45, 2.75) is 0 Å². The van der Waals surface area contributed by atoms with E-state index in [2.05, 4.69) is 31.3 Å². The Balaban J connectivity index is 1.59. The smallest absolute Gasteiger partial charge is 0.356 e. The molecule has 0 aliphatic rings. The Labute approximate surface area is 210 Å². The van der Waals surface area contributed by atoms with E-state index in [-0.39, 0.29) is 0 Å². The molecule has 0 saturated heterocycles. The van der Waals surface area contributed by atoms with Gasteiger partial charge in [-0.05, 0) is 64.0 Å². The molecule has 10 nitrogen and oxygen atoms in total. The van der Waals surface area contributed by atoms with Gasteiger partial charge in [-0.1, -0.05) is 41.4 Å². The summed E-state index contributed by atoms with van der Waals surface area (Å²) in [6.07, 6.45) is 0. The van der Waals surface area contributed by atoms with Crippen LogP contribution in [-0.2, 0) is 4.84 Å². The first-order valence-corrected chi connectivity index (χ1v) is 11.0. The number of anilines is 2. The zero-order valence-corrected chi connectivity index (χ0v) is 20.1. The molecule has 0 unspecified atom stereocenters. The second-order valence-electron chi connectivity index (χ2n) is 7.52. The predicted octanol–water partition coefficient (Wildman–Crippen LogP) is 5.12. The topological polar surface area (TPSA) is 125 Å². The number of amides is 2. The molecule has 12 heteroatoms. The molecule has 0 fully saturated rings. The van der Waals surface area contributed by atoms with Gasteiger partial charge in [0.25, 0.3) is 0 Å². The molecule has 1 aromatic heterocycles. The third kappa shape index (κ3) is 6.12. The maximum atomic E-state index is 12.5. The van der Waals surface area contributed by atoms with E-state index in [1.807, 2.05) is 6.07 Å². The van der Waals surface area contributed by atoms with Crippen molar-refractivity contribution in [3.05, 3.63) is 76.3 Å². The standard InChI is InChI=1S/C23H19Cl2N7O3/c1-32(2)35-22(33)14-5-3-13(4-6-14)19-8-7-17(12-20(19)21-28-30-31-29-21)26-23(34)27-18-10-15(24)9-16(25)11-18/h3-12H,1-2H3,(H2,26,27,34)(H,28,29,30,31). The van der Waals surface area contributed by atoms with Crippen LogP contribution < -0.4 is 10.6 Å². The summed E-state index contributed by atoms with van der Waals surface area (Å²) in [5.74, 6) is -0.0606. The van der Waals surface area contributed by atoms with Crippen LogP contribution in [0.1, 0.15) is 10.4 Å². The van der Waals surface area contributed by atoms with Gasteiger partial charge in [-0.15, -0.1) is 10.2 Å². The van der Waals surface area contributed by atoms with Crippen LogP contribution in [0.5, 0.6) is 0 Å². The molecule has 0 spiro atoms. The fraction of sp³-hybridized carbons (Fsp3) is 0.0870. The minimum Gasteiger partial charge on any atom is -0.364 e. The highest BCUT2D eigenvalue weighted by Crippen LogP contribution is 2.33. The van der Waals surface area contributed by atoms with Crippen LogP contribution in [0.15, 0.2) is 60.7 Å². The molecule has 1 heterocycles. The maximum absolute atomic E-state index is 12.5. The van der Waals surface area contributed by atoms with Gasteiger partial charge in [0, 0.05) is 41.1 Å². The van der Waals surface area contributed by atoms with E-state index in [0.29, 0.717) is 38.4 Å². The first-order valence-electron chi connectivity index (χ1n) is 10.2. The van der Waals surface area contributed by atoms with Crippen molar-refractivity contribution in [2.75, 3.05) is 24.7 Å². The van der Waals surface area contributed by atoms with Gasteiger partial charge in [-0.25, -0.2) is 14.7 Å². The van der Waals surface area contributed by atoms with Crippen LogP contribution in [0.3, 0.4) is 0 Å². The summed E-state index contributed by atoms with van der Waals surface area (Å²) in [4.78, 5) is 29.7. The highest BCUT2D eigenvalue weighted by molar-refractivity contribution is 6.35. The number of aromatic nitrogens is 4. The van der Waals surface area contributed by atoms with Gasteiger partial charge < -0.3 is 15.5 Å². The van der Waals surface area contributed by atoms with Crippen molar-refractivity contribution in [2.24, 2.45) is 0 Å². The molecule has 2 amide bonds. The van der Waals surface area contributed by atoms with Gasteiger partial charge in [-0.2, -0.15) is 0 Å². The van der Waals surface area contributed by atoms with Gasteiger partial charge in [-0.3, -0.25) is 0 Å². The third-order valence-electron chi connectivity index (χ3n) is 4.70. The minimum atomic E-state index is -0.485. The second kappa shape index (κ2) is 10.5. The molecule has 3 N–H and O–H groups in total. The molecule has 178 valence electrons. The zero-order chi connectivity index (χ0) is 24.9. The van der Waals surface area contributed by atoms with Crippen LogP contribution in [-0.4, -0.2) is 51.8 Å². The molecule has 0 radical (unpaired) electrons. The molecule has 0 aliphatic carbocycles. The number of tetrazole rings is 1. The van der Waals surface area contributed by atoms with Gasteiger partial charge in [0.2, 0.25) is 0 Å². The number of rotatable bonds is 6. The van der Waals surface area contributed by atoms with Gasteiger partial charge in [0.15, 0.2) is 5.82 Å². The largest absolute Gasteiger partial charge is 0.364 e. The Hall–Kier alpha value is -3.99. The normalized spacial score (nSPS) is 10.8. The lowest BCUT2D eigenvalue weighted by atomic mass is 9.97. The number of urea groups is 1. The van der Waals surface area contributed by atoms with Gasteiger partial charge in [0.1, 0.15) is 0 Å². The molecule has 0 aliphatic heterocycles. The first kappa shape index (κ1) is 24.1. The number of hydrogen-bond donors (Lipinski definition) is 3. The summed E-state index contributed by atoms with van der Waals surface area (Å²) in [5, 5.41) is 21.6. The SMILES string of the molecule is CN(C)OC(=O)c1ccc(-c2ccc(NC(=O)Nc3cc(Cl)cc(Cl)c3)cc2-c2nnn[nH]2)cc1. The Morgan fingerprint density at radius 2 is 1.57 bits per heavy atom. The third-order valence-corrected chi connectivity index (χ3v) is 5.13. The number of aromatic amines is 1. The number of benzene rings is 3. The Kier molecular flexibility index (Phi) is 7.25. The van der Waals surface area contributed by atoms with E-state index in [1.165, 1.54) is 5.06 Å². The predicted molar refractivity (Wildman–Crippen MR) is 133 cm³/mol. The Bertz CT molecular complexity index is 1340. The Morgan fingerprint density at radius 1 is 0.886 bits per heavy atom. The fourth-order valence-electron chi connectivity index (χ4n) is 3.27. The van der Waals surface area contributed by atoms with Gasteiger partial charge >= 0.3 is 12.0 Å². The molecule has 35 heavy (non-hydrogen) atoms. The van der Waals surface area contributed by atoms with E-state index in [9.17, 15) is 9.59 Å². The zero-order valence-electron chi connectivity index (χ0n) is 18.5. The quantitative estimate of drug-likeness (QED) is 0.306. The fourth-order valence-corrected chi connectivity index (χ4v) is 3.79. The summed E-state index contributed by atoms with van der Waals surface area (Å²) in [6, 6.07) is 16.4. The van der Waals surface area contributed by atoms with Crippen molar-refractivity contribution < 1.29 is 14.4 Å². The first-order chi connectivity index (χ1) is 16.8. The van der Waals surface area contributed by atoms with Crippen molar-refractivity contribution in [3.8, 4) is 22.5 Å². The molecule has 0 saturated carbocycles. The number of halogens is 2. The summed E-state index contributed by atoms with van der Waals surface area (Å²) in [6.45, 7) is 0. The summed E-state index contributed by atoms with van der Waals surface area (Å²) in [5.41, 5.74) is 3.58. The molecule has 4 aromatic rings. The number of carbonyl (C=O) groups excluding carboxylic acids is 2. The lowest BCUT2D eigenvalue weighted by Crippen LogP contribution is -2.19. The maximum Gasteiger partial charge on any atom is 0.356 e. The van der Waals surface area contributed by atoms with Crippen LogP contribution in [0, 0.1) is 0 Å². The van der Waals surface area contributed by atoms with E-state index < -0.39 is 12.0 Å². The number of hydroxylamine groups is 2. The monoisotopic (exact) mass is 511 g/mol. The van der Waals surface area contributed by atoms with Crippen LogP contribution >= 0.6 is 23.2 Å². The van der Waals surface area contributed by atoms with Crippen molar-refractivity contribution in [1.82, 2.24) is 25.7 Å². The average Bonchev–Trinajstić information content (AvgIpc) is 3.33. The average molecular weight is 512 g/mol. The highest BCUT2D eigenvalue weighted by atomic mass is 35.5. The van der Waals surface area contributed by atoms with E-state index in [1.54, 1.807) is 68.7 Å². The summed E-state index contributed by atoms with van der Waals surface area (Å²) in [7, 11) is 3.26. The molecule has 0 bridgehead atoms. The second-order valence-corrected chi connectivity index (χ2v) is 8.39. The van der Waals surface area contributed by atoms with Crippen molar-refractivity contribution in [1.29, 1.82) is 0 Å². The number of H-pyrrole nitrogens is 1. The molecular formula is C23H19Cl2N7O3. The number of nitrogens with one attached hydrogen (secondary N) is 3. The molecule has 4 rings (SSSR count). The van der Waals surface area contributed by atoms with Crippen LogP contribution in [0.2, 0.25) is 10.0 Å². The number of hydrogen-bond acceptors (Lipinski definition) is 7. The summed E-state index contributed by atoms with van der Waals surface area (Å²) < 4.78 is 0. The van der Waals surface area contributed by atoms with Crippen molar-refractivity contribution >= 4 is 46.6 Å². The minimum absolute atomic E-state index is 0.401. The van der Waals surface area contributed by atoms with Crippen LogP contribution in [0.4, 0.5) is 16.2 Å².